The average molecular weight is 657 g/mol. The molecule has 0 aliphatic carbocycles. The molecule has 0 aromatic rings. The van der Waals surface area contributed by atoms with E-state index in [1.807, 2.05) is 0 Å². The maximum Gasteiger partial charge on any atom is 0.305 e. The molecule has 0 aromatic heterocycles. The number of aliphatic hydroxyl groups is 2. The van der Waals surface area contributed by atoms with Gasteiger partial charge in [0.05, 0.1) is 13.2 Å². The van der Waals surface area contributed by atoms with Gasteiger partial charge >= 0.3 is 11.9 Å². The summed E-state index contributed by atoms with van der Waals surface area (Å²) < 4.78 is 10.5. The van der Waals surface area contributed by atoms with Gasteiger partial charge in [0.1, 0.15) is 13.2 Å². The highest BCUT2D eigenvalue weighted by atomic mass is 16.6. The van der Waals surface area contributed by atoms with E-state index in [9.17, 15) is 9.59 Å². The van der Waals surface area contributed by atoms with Gasteiger partial charge in [-0.15, -0.1) is 0 Å². The Labute approximate surface area is 286 Å². The molecule has 0 aliphatic heterocycles. The van der Waals surface area contributed by atoms with Crippen molar-refractivity contribution >= 4 is 11.9 Å². The van der Waals surface area contributed by atoms with Gasteiger partial charge in [0.25, 0.3) is 0 Å². The summed E-state index contributed by atoms with van der Waals surface area (Å²) in [5, 5.41) is 15.2. The van der Waals surface area contributed by atoms with Crippen molar-refractivity contribution in [2.75, 3.05) is 26.4 Å². The number of hydrogen-bond acceptors (Lipinski definition) is 6. The minimum absolute atomic E-state index is 0.125. The molecule has 0 heterocycles. The Bertz CT molecular complexity index is 532. The molecule has 0 saturated carbocycles. The molecular formula is C40H80O6. The average Bonchev–Trinajstić information content (AvgIpc) is 3.06. The first kappa shape index (κ1) is 47.0. The quantitative estimate of drug-likeness (QED) is 0.0515. The summed E-state index contributed by atoms with van der Waals surface area (Å²) in [7, 11) is 0. The Morgan fingerprint density at radius 3 is 0.739 bits per heavy atom. The lowest BCUT2D eigenvalue weighted by atomic mass is 10.0. The second-order valence-electron chi connectivity index (χ2n) is 13.3. The van der Waals surface area contributed by atoms with E-state index in [-0.39, 0.29) is 38.4 Å². The zero-order valence-corrected chi connectivity index (χ0v) is 31.0. The summed E-state index contributed by atoms with van der Waals surface area (Å²) in [6.07, 6.45) is 40.5. The van der Waals surface area contributed by atoms with Crippen LogP contribution in [0, 0.1) is 0 Å². The normalized spacial score (nSPS) is 10.9. The van der Waals surface area contributed by atoms with E-state index < -0.39 is 0 Å². The van der Waals surface area contributed by atoms with Crippen LogP contribution in [0.4, 0.5) is 0 Å². The molecule has 46 heavy (non-hydrogen) atoms. The third-order valence-electron chi connectivity index (χ3n) is 8.68. The summed E-state index contributed by atoms with van der Waals surface area (Å²) in [6, 6.07) is 0. The summed E-state index contributed by atoms with van der Waals surface area (Å²) in [4.78, 5) is 23.8. The van der Waals surface area contributed by atoms with Gasteiger partial charge in [0.15, 0.2) is 0 Å². The Balaban J connectivity index is 0. The van der Waals surface area contributed by atoms with Crippen LogP contribution in [0.3, 0.4) is 0 Å². The molecule has 0 unspecified atom stereocenters. The third kappa shape index (κ3) is 45.0. The first-order valence-electron chi connectivity index (χ1n) is 20.1. The van der Waals surface area contributed by atoms with Crippen molar-refractivity contribution in [3.8, 4) is 0 Å². The van der Waals surface area contributed by atoms with Crippen molar-refractivity contribution in [1.82, 2.24) is 0 Å². The molecule has 0 radical (unpaired) electrons. The van der Waals surface area contributed by atoms with Gasteiger partial charge in [-0.3, -0.25) is 9.59 Å². The molecule has 2 N–H and O–H groups in total. The summed E-state index contributed by atoms with van der Waals surface area (Å²) in [5.41, 5.74) is 0. The highest BCUT2D eigenvalue weighted by Gasteiger charge is 2.06. The largest absolute Gasteiger partial charge is 0.462 e. The number of aliphatic hydroxyl groups excluding tert-OH is 2. The molecule has 0 atom stereocenters. The predicted octanol–water partition coefficient (Wildman–Crippen LogP) is 11.6. The molecule has 0 spiro atoms. The Morgan fingerprint density at radius 2 is 0.543 bits per heavy atom. The maximum absolute atomic E-state index is 11.9. The molecule has 0 amide bonds. The van der Waals surface area contributed by atoms with Crippen LogP contribution in [0.2, 0.25) is 0 Å². The minimum atomic E-state index is -0.164. The Morgan fingerprint density at radius 1 is 0.348 bits per heavy atom. The van der Waals surface area contributed by atoms with Gasteiger partial charge in [0, 0.05) is 12.8 Å². The summed E-state index contributed by atoms with van der Waals surface area (Å²) >= 11 is 0. The van der Waals surface area contributed by atoms with E-state index in [0.717, 1.165) is 25.7 Å². The van der Waals surface area contributed by atoms with Crippen LogP contribution in [0.5, 0.6) is 0 Å². The SMILES string of the molecule is CCCCCCCCCCCCCCCCCC(=O)OCCOC(=O)CCCCCCCCCCCCCCCCC.OCCO. The number of unbranched alkanes of at least 4 members (excludes halogenated alkanes) is 28. The lowest BCUT2D eigenvalue weighted by Gasteiger charge is -2.07. The van der Waals surface area contributed by atoms with Gasteiger partial charge in [-0.2, -0.15) is 0 Å². The van der Waals surface area contributed by atoms with Crippen molar-refractivity contribution in [2.24, 2.45) is 0 Å². The fraction of sp³-hybridized carbons (Fsp3) is 0.950. The maximum atomic E-state index is 11.9. The second kappa shape index (κ2) is 43.9. The number of carbonyl (C=O) groups excluding carboxylic acids is 2. The van der Waals surface area contributed by atoms with Crippen LogP contribution < -0.4 is 0 Å². The fourth-order valence-electron chi connectivity index (χ4n) is 5.74. The number of carbonyl (C=O) groups is 2. The number of rotatable bonds is 36. The first-order valence-corrected chi connectivity index (χ1v) is 20.1. The highest BCUT2D eigenvalue weighted by molar-refractivity contribution is 5.70. The molecule has 0 aromatic carbocycles. The number of esters is 2. The molecular weight excluding hydrogens is 576 g/mol. The van der Waals surface area contributed by atoms with Crippen molar-refractivity contribution < 1.29 is 29.3 Å². The van der Waals surface area contributed by atoms with Crippen molar-refractivity contribution in [3.63, 3.8) is 0 Å². The summed E-state index contributed by atoms with van der Waals surface area (Å²) in [6.45, 7) is 4.67. The molecule has 6 nitrogen and oxygen atoms in total. The topological polar surface area (TPSA) is 93.1 Å². The molecule has 6 heteroatoms. The zero-order valence-electron chi connectivity index (χ0n) is 31.0. The van der Waals surface area contributed by atoms with E-state index in [2.05, 4.69) is 13.8 Å². The van der Waals surface area contributed by atoms with Crippen LogP contribution in [-0.4, -0.2) is 48.6 Å². The van der Waals surface area contributed by atoms with Crippen LogP contribution in [-0.2, 0) is 19.1 Å². The predicted molar refractivity (Wildman–Crippen MR) is 195 cm³/mol. The van der Waals surface area contributed by atoms with Crippen LogP contribution in [0.25, 0.3) is 0 Å². The minimum Gasteiger partial charge on any atom is -0.462 e. The zero-order chi connectivity index (χ0) is 34.0. The van der Waals surface area contributed by atoms with Gasteiger partial charge in [-0.25, -0.2) is 0 Å². The summed E-state index contributed by atoms with van der Waals surface area (Å²) in [5.74, 6) is -0.327. The molecule has 0 aliphatic rings. The first-order chi connectivity index (χ1) is 22.6. The van der Waals surface area contributed by atoms with E-state index in [1.54, 1.807) is 0 Å². The Hall–Kier alpha value is -1.14. The van der Waals surface area contributed by atoms with Crippen molar-refractivity contribution in [3.05, 3.63) is 0 Å². The number of hydrogen-bond donors (Lipinski definition) is 2. The second-order valence-corrected chi connectivity index (χ2v) is 13.3. The molecule has 0 fully saturated rings. The lowest BCUT2D eigenvalue weighted by Crippen LogP contribution is -2.13. The number of ether oxygens (including phenoxy) is 2. The molecule has 0 bridgehead atoms. The Kier molecular flexibility index (Phi) is 44.8. The monoisotopic (exact) mass is 657 g/mol. The van der Waals surface area contributed by atoms with Gasteiger partial charge in [-0.05, 0) is 12.8 Å². The van der Waals surface area contributed by atoms with Gasteiger partial charge < -0.3 is 19.7 Å². The van der Waals surface area contributed by atoms with Crippen molar-refractivity contribution in [1.29, 1.82) is 0 Å². The van der Waals surface area contributed by atoms with E-state index in [0.29, 0.717) is 12.8 Å². The molecule has 276 valence electrons. The van der Waals surface area contributed by atoms with E-state index >= 15 is 0 Å². The standard InChI is InChI=1S/C38H74O4.C2H6O2/c1-3-5-7-9-11-13-15-17-19-21-23-25-27-29-31-33-37(39)41-35-36-42-38(40)34-32-30-28-26-24-22-20-18-16-14-12-10-8-6-4-2;3-1-2-4/h3-36H2,1-2H3;3-4H,1-2H2. The van der Waals surface area contributed by atoms with E-state index in [1.165, 1.54) is 167 Å². The van der Waals surface area contributed by atoms with Crippen LogP contribution in [0.1, 0.15) is 219 Å². The van der Waals surface area contributed by atoms with Crippen LogP contribution in [0.15, 0.2) is 0 Å². The molecule has 0 saturated heterocycles. The van der Waals surface area contributed by atoms with Crippen molar-refractivity contribution in [2.45, 2.75) is 219 Å². The van der Waals surface area contributed by atoms with Gasteiger partial charge in [0.2, 0.25) is 0 Å². The smallest absolute Gasteiger partial charge is 0.305 e. The third-order valence-corrected chi connectivity index (χ3v) is 8.68. The molecule has 0 rings (SSSR count). The highest BCUT2D eigenvalue weighted by Crippen LogP contribution is 2.15. The van der Waals surface area contributed by atoms with Gasteiger partial charge in [-0.1, -0.05) is 194 Å². The van der Waals surface area contributed by atoms with E-state index in [4.69, 9.17) is 19.7 Å². The van der Waals surface area contributed by atoms with Crippen LogP contribution >= 0.6 is 0 Å². The fourth-order valence-corrected chi connectivity index (χ4v) is 5.74. The lowest BCUT2D eigenvalue weighted by molar-refractivity contribution is -0.152.